The number of methoxy groups -OCH3 is 1. The van der Waals surface area contributed by atoms with Gasteiger partial charge < -0.3 is 14.6 Å². The fourth-order valence-corrected chi connectivity index (χ4v) is 2.97. The number of aromatic nitrogens is 3. The molecule has 23 heavy (non-hydrogen) atoms. The van der Waals surface area contributed by atoms with Gasteiger partial charge >= 0.3 is 0 Å². The fourth-order valence-electron chi connectivity index (χ4n) is 2.15. The summed E-state index contributed by atoms with van der Waals surface area (Å²) in [6, 6.07) is 7.26. The largest absolute Gasteiger partial charge is 0.497 e. The molecule has 2 rings (SSSR count). The topological polar surface area (TPSA) is 69.0 Å². The molecule has 0 atom stereocenters. The number of aryl methyl sites for hydroxylation is 1. The highest BCUT2D eigenvalue weighted by Gasteiger charge is 2.12. The van der Waals surface area contributed by atoms with Gasteiger partial charge in [0.05, 0.1) is 12.9 Å². The molecule has 0 bridgehead atoms. The Balaban J connectivity index is 1.91. The van der Waals surface area contributed by atoms with Crippen LogP contribution >= 0.6 is 11.8 Å². The van der Waals surface area contributed by atoms with E-state index in [0.29, 0.717) is 5.75 Å². The number of ether oxygens (including phenoxy) is 1. The number of thioether (sulfide) groups is 1. The lowest BCUT2D eigenvalue weighted by Gasteiger charge is -2.07. The molecule has 0 saturated heterocycles. The molecule has 0 radical (unpaired) electrons. The first-order valence-electron chi connectivity index (χ1n) is 7.66. The summed E-state index contributed by atoms with van der Waals surface area (Å²) in [5.74, 6) is 1.98. The first-order valence-corrected chi connectivity index (χ1v) is 8.65. The van der Waals surface area contributed by atoms with Crippen molar-refractivity contribution in [2.24, 2.45) is 0 Å². The third-order valence-electron chi connectivity index (χ3n) is 3.29. The van der Waals surface area contributed by atoms with Crippen molar-refractivity contribution in [1.82, 2.24) is 14.8 Å². The van der Waals surface area contributed by atoms with Crippen molar-refractivity contribution in [2.75, 3.05) is 18.2 Å². The molecule has 1 aromatic heterocycles. The minimum Gasteiger partial charge on any atom is -0.497 e. The van der Waals surface area contributed by atoms with Gasteiger partial charge in [-0.3, -0.25) is 4.79 Å². The SMILES string of the molecule is CCCc1nnc(SCC(=O)Nc2ccc(OC)cc2)n1CC. The monoisotopic (exact) mass is 334 g/mol. The van der Waals surface area contributed by atoms with Crippen LogP contribution in [0.1, 0.15) is 26.1 Å². The molecule has 7 heteroatoms. The highest BCUT2D eigenvalue weighted by molar-refractivity contribution is 7.99. The zero-order chi connectivity index (χ0) is 16.7. The van der Waals surface area contributed by atoms with E-state index in [1.54, 1.807) is 7.11 Å². The highest BCUT2D eigenvalue weighted by atomic mass is 32.2. The van der Waals surface area contributed by atoms with Crippen LogP contribution in [0.2, 0.25) is 0 Å². The van der Waals surface area contributed by atoms with Crippen molar-refractivity contribution in [2.45, 2.75) is 38.4 Å². The predicted molar refractivity (Wildman–Crippen MR) is 92.0 cm³/mol. The van der Waals surface area contributed by atoms with Gasteiger partial charge in [-0.25, -0.2) is 0 Å². The van der Waals surface area contributed by atoms with Crippen molar-refractivity contribution < 1.29 is 9.53 Å². The summed E-state index contributed by atoms with van der Waals surface area (Å²) in [5, 5.41) is 12.0. The summed E-state index contributed by atoms with van der Waals surface area (Å²) < 4.78 is 7.16. The van der Waals surface area contributed by atoms with Crippen molar-refractivity contribution in [3.05, 3.63) is 30.1 Å². The van der Waals surface area contributed by atoms with E-state index >= 15 is 0 Å². The molecule has 1 amide bonds. The molecule has 0 spiro atoms. The van der Waals surface area contributed by atoms with Crippen LogP contribution in [-0.2, 0) is 17.8 Å². The van der Waals surface area contributed by atoms with Gasteiger partial charge in [0.1, 0.15) is 11.6 Å². The number of hydrogen-bond donors (Lipinski definition) is 1. The third kappa shape index (κ3) is 4.72. The molecule has 1 heterocycles. The van der Waals surface area contributed by atoms with Crippen molar-refractivity contribution in [1.29, 1.82) is 0 Å². The fraction of sp³-hybridized carbons (Fsp3) is 0.438. The van der Waals surface area contributed by atoms with Crippen LogP contribution in [0.25, 0.3) is 0 Å². The van der Waals surface area contributed by atoms with Gasteiger partial charge in [0, 0.05) is 18.7 Å². The number of benzene rings is 1. The van der Waals surface area contributed by atoms with E-state index in [-0.39, 0.29) is 5.91 Å². The van der Waals surface area contributed by atoms with Gasteiger partial charge in [-0.1, -0.05) is 18.7 Å². The molecule has 0 aliphatic rings. The van der Waals surface area contributed by atoms with Gasteiger partial charge in [0.25, 0.3) is 0 Å². The smallest absolute Gasteiger partial charge is 0.234 e. The van der Waals surface area contributed by atoms with Crippen LogP contribution in [0.3, 0.4) is 0 Å². The van der Waals surface area contributed by atoms with Crippen molar-refractivity contribution in [3.8, 4) is 5.75 Å². The summed E-state index contributed by atoms with van der Waals surface area (Å²) in [5.41, 5.74) is 0.750. The Kier molecular flexibility index (Phi) is 6.46. The van der Waals surface area contributed by atoms with Crippen LogP contribution in [0.4, 0.5) is 5.69 Å². The predicted octanol–water partition coefficient (Wildman–Crippen LogP) is 2.99. The van der Waals surface area contributed by atoms with E-state index < -0.39 is 0 Å². The van der Waals surface area contributed by atoms with Gasteiger partial charge in [-0.05, 0) is 37.6 Å². The van der Waals surface area contributed by atoms with Crippen molar-refractivity contribution in [3.63, 3.8) is 0 Å². The second-order valence-corrected chi connectivity index (χ2v) is 5.90. The summed E-state index contributed by atoms with van der Waals surface area (Å²) in [6.45, 7) is 4.98. The van der Waals surface area contributed by atoms with E-state index in [0.717, 1.165) is 41.8 Å². The van der Waals surface area contributed by atoms with Gasteiger partial charge in [0.2, 0.25) is 5.91 Å². The summed E-state index contributed by atoms with van der Waals surface area (Å²) in [6.07, 6.45) is 1.93. The number of nitrogens with zero attached hydrogens (tertiary/aromatic N) is 3. The van der Waals surface area contributed by atoms with Crippen LogP contribution in [0.15, 0.2) is 29.4 Å². The maximum absolute atomic E-state index is 12.1. The molecule has 0 unspecified atom stereocenters. The van der Waals surface area contributed by atoms with Crippen LogP contribution in [0.5, 0.6) is 5.75 Å². The summed E-state index contributed by atoms with van der Waals surface area (Å²) >= 11 is 1.41. The van der Waals surface area contributed by atoms with E-state index in [1.165, 1.54) is 11.8 Å². The average Bonchev–Trinajstić information content (AvgIpc) is 2.96. The number of hydrogen-bond acceptors (Lipinski definition) is 5. The molecule has 2 aromatic rings. The number of rotatable bonds is 8. The zero-order valence-corrected chi connectivity index (χ0v) is 14.5. The molecule has 0 aliphatic carbocycles. The molecule has 1 N–H and O–H groups in total. The highest BCUT2D eigenvalue weighted by Crippen LogP contribution is 2.19. The van der Waals surface area contributed by atoms with E-state index in [9.17, 15) is 4.79 Å². The van der Waals surface area contributed by atoms with Gasteiger partial charge in [-0.2, -0.15) is 0 Å². The molecule has 0 fully saturated rings. The Morgan fingerprint density at radius 3 is 2.61 bits per heavy atom. The normalized spacial score (nSPS) is 10.6. The van der Waals surface area contributed by atoms with Gasteiger partial charge in [0.15, 0.2) is 5.16 Å². The average molecular weight is 334 g/mol. The first-order chi connectivity index (χ1) is 11.2. The summed E-state index contributed by atoms with van der Waals surface area (Å²) in [4.78, 5) is 12.1. The minimum absolute atomic E-state index is 0.0668. The Labute approximate surface area is 140 Å². The van der Waals surface area contributed by atoms with Crippen molar-refractivity contribution >= 4 is 23.4 Å². The van der Waals surface area contributed by atoms with Crippen LogP contribution < -0.4 is 10.1 Å². The van der Waals surface area contributed by atoms with E-state index in [4.69, 9.17) is 4.74 Å². The molecule has 0 aliphatic heterocycles. The maximum atomic E-state index is 12.1. The van der Waals surface area contributed by atoms with Crippen LogP contribution in [-0.4, -0.2) is 33.5 Å². The zero-order valence-electron chi connectivity index (χ0n) is 13.7. The van der Waals surface area contributed by atoms with Crippen LogP contribution in [0, 0.1) is 0 Å². The molecule has 124 valence electrons. The second-order valence-electron chi connectivity index (χ2n) is 4.96. The number of anilines is 1. The Hall–Kier alpha value is -2.02. The quantitative estimate of drug-likeness (QED) is 0.752. The Morgan fingerprint density at radius 1 is 1.26 bits per heavy atom. The molecule has 6 nitrogen and oxygen atoms in total. The van der Waals surface area contributed by atoms with E-state index in [2.05, 4.69) is 33.9 Å². The number of amides is 1. The molecular formula is C16H22N4O2S. The van der Waals surface area contributed by atoms with Gasteiger partial charge in [-0.15, -0.1) is 10.2 Å². The lowest BCUT2D eigenvalue weighted by atomic mass is 10.3. The Bertz CT molecular complexity index is 640. The number of nitrogens with one attached hydrogen (secondary N) is 1. The molecular weight excluding hydrogens is 312 g/mol. The maximum Gasteiger partial charge on any atom is 0.234 e. The lowest BCUT2D eigenvalue weighted by molar-refractivity contribution is -0.113. The molecule has 1 aromatic carbocycles. The van der Waals surface area contributed by atoms with E-state index in [1.807, 2.05) is 24.3 Å². The second kappa shape index (κ2) is 8.57. The first kappa shape index (κ1) is 17.3. The third-order valence-corrected chi connectivity index (χ3v) is 4.26. The Morgan fingerprint density at radius 2 is 2.00 bits per heavy atom. The number of carbonyl (C=O) groups is 1. The molecule has 0 saturated carbocycles. The summed E-state index contributed by atoms with van der Waals surface area (Å²) in [7, 11) is 1.61. The standard InChI is InChI=1S/C16H22N4O2S/c1-4-6-14-18-19-16(20(14)5-2)23-11-15(21)17-12-7-9-13(22-3)10-8-12/h7-10H,4-6,11H2,1-3H3,(H,17,21). The lowest BCUT2D eigenvalue weighted by Crippen LogP contribution is -2.14. The number of carbonyl (C=O) groups excluding carboxylic acids is 1. The minimum atomic E-state index is -0.0668.